The van der Waals surface area contributed by atoms with Crippen LogP contribution in [0.5, 0.6) is 11.5 Å². The first-order valence-electron chi connectivity index (χ1n) is 4.91. The molecule has 0 unspecified atom stereocenters. The summed E-state index contributed by atoms with van der Waals surface area (Å²) in [7, 11) is 2.98. The van der Waals surface area contributed by atoms with Crippen LogP contribution < -0.4 is 9.47 Å². The summed E-state index contributed by atoms with van der Waals surface area (Å²) in [5.41, 5.74) is 0.695. The largest absolute Gasteiger partial charge is 0.497 e. The van der Waals surface area contributed by atoms with Gasteiger partial charge in [-0.25, -0.2) is 4.79 Å². The minimum atomic E-state index is -1.07. The minimum absolute atomic E-state index is 0.0354. The number of carboxylic acids is 1. The summed E-state index contributed by atoms with van der Waals surface area (Å²) in [4.78, 5) is 15.1. The highest BCUT2D eigenvalue weighted by atomic mass is 16.5. The first kappa shape index (κ1) is 11.2. The van der Waals surface area contributed by atoms with E-state index in [4.69, 9.17) is 14.6 Å². The molecule has 1 aromatic heterocycles. The van der Waals surface area contributed by atoms with Crippen LogP contribution in [0.4, 0.5) is 0 Å². The number of hydrogen-bond donors (Lipinski definition) is 1. The maximum Gasteiger partial charge on any atom is 0.341 e. The molecule has 88 valence electrons. The van der Waals surface area contributed by atoms with Crippen LogP contribution in [0.3, 0.4) is 0 Å². The molecule has 5 nitrogen and oxygen atoms in total. The molecule has 17 heavy (non-hydrogen) atoms. The lowest BCUT2D eigenvalue weighted by Gasteiger charge is -2.09. The third kappa shape index (κ3) is 1.87. The van der Waals surface area contributed by atoms with Crippen LogP contribution >= 0.6 is 0 Å². The van der Waals surface area contributed by atoms with E-state index in [0.29, 0.717) is 22.4 Å². The lowest BCUT2D eigenvalue weighted by Crippen LogP contribution is -2.02. The Hall–Kier alpha value is -2.30. The molecule has 0 saturated carbocycles. The quantitative estimate of drug-likeness (QED) is 0.877. The van der Waals surface area contributed by atoms with Crippen molar-refractivity contribution < 1.29 is 19.4 Å². The van der Waals surface area contributed by atoms with Crippen molar-refractivity contribution >= 4 is 16.9 Å². The topological polar surface area (TPSA) is 68.7 Å². The second-order valence-electron chi connectivity index (χ2n) is 3.39. The molecule has 0 fully saturated rings. The molecule has 2 aromatic rings. The number of hydrogen-bond acceptors (Lipinski definition) is 4. The number of fused-ring (bicyclic) bond motifs is 1. The Morgan fingerprint density at radius 1 is 1.29 bits per heavy atom. The Morgan fingerprint density at radius 3 is 2.65 bits per heavy atom. The van der Waals surface area contributed by atoms with Gasteiger partial charge in [0.2, 0.25) is 0 Å². The van der Waals surface area contributed by atoms with E-state index in [9.17, 15) is 4.79 Å². The Kier molecular flexibility index (Phi) is 2.82. The highest BCUT2D eigenvalue weighted by Gasteiger charge is 2.15. The molecule has 5 heteroatoms. The number of carbonyl (C=O) groups is 1. The second-order valence-corrected chi connectivity index (χ2v) is 3.39. The van der Waals surface area contributed by atoms with Crippen LogP contribution in [0, 0.1) is 0 Å². The molecular formula is C12H11NO4. The Balaban J connectivity index is 2.78. The van der Waals surface area contributed by atoms with Crippen LogP contribution in [0.1, 0.15) is 10.4 Å². The maximum atomic E-state index is 11.0. The van der Waals surface area contributed by atoms with Gasteiger partial charge in [-0.05, 0) is 18.2 Å². The molecule has 0 aliphatic carbocycles. The number of carboxylic acid groups (broad SMARTS) is 1. The van der Waals surface area contributed by atoms with Crippen molar-refractivity contribution in [1.82, 2.24) is 4.98 Å². The van der Waals surface area contributed by atoms with Gasteiger partial charge < -0.3 is 14.6 Å². The normalized spacial score (nSPS) is 10.2. The van der Waals surface area contributed by atoms with Gasteiger partial charge in [0.15, 0.2) is 0 Å². The zero-order valence-corrected chi connectivity index (χ0v) is 9.43. The Bertz CT molecular complexity index is 580. The van der Waals surface area contributed by atoms with Crippen molar-refractivity contribution in [2.45, 2.75) is 0 Å². The highest BCUT2D eigenvalue weighted by molar-refractivity contribution is 5.99. The smallest absolute Gasteiger partial charge is 0.341 e. The van der Waals surface area contributed by atoms with E-state index < -0.39 is 5.97 Å². The minimum Gasteiger partial charge on any atom is -0.497 e. The number of nitrogens with zero attached hydrogens (tertiary/aromatic N) is 1. The molecule has 0 radical (unpaired) electrons. The van der Waals surface area contributed by atoms with E-state index in [-0.39, 0.29) is 5.56 Å². The number of aromatic nitrogens is 1. The maximum absolute atomic E-state index is 11.0. The van der Waals surface area contributed by atoms with Crippen LogP contribution in [-0.2, 0) is 0 Å². The third-order valence-electron chi connectivity index (χ3n) is 2.46. The van der Waals surface area contributed by atoms with Gasteiger partial charge in [-0.1, -0.05) is 0 Å². The number of aromatic carboxylic acids is 1. The van der Waals surface area contributed by atoms with E-state index in [2.05, 4.69) is 4.98 Å². The van der Waals surface area contributed by atoms with Crippen molar-refractivity contribution in [2.75, 3.05) is 14.2 Å². The van der Waals surface area contributed by atoms with Crippen molar-refractivity contribution in [3.8, 4) is 11.5 Å². The van der Waals surface area contributed by atoms with Crippen LogP contribution in [0.15, 0.2) is 24.4 Å². The summed E-state index contributed by atoms with van der Waals surface area (Å²) < 4.78 is 10.2. The number of pyridine rings is 1. The number of rotatable bonds is 3. The molecule has 0 saturated heterocycles. The van der Waals surface area contributed by atoms with Gasteiger partial charge in [-0.15, -0.1) is 0 Å². The Morgan fingerprint density at radius 2 is 2.06 bits per heavy atom. The summed E-state index contributed by atoms with van der Waals surface area (Å²) >= 11 is 0. The van der Waals surface area contributed by atoms with Crippen molar-refractivity contribution in [3.05, 3.63) is 30.0 Å². The molecular weight excluding hydrogens is 222 g/mol. The average molecular weight is 233 g/mol. The fourth-order valence-electron chi connectivity index (χ4n) is 1.65. The van der Waals surface area contributed by atoms with Crippen LogP contribution in [-0.4, -0.2) is 30.3 Å². The average Bonchev–Trinajstić information content (AvgIpc) is 2.36. The van der Waals surface area contributed by atoms with E-state index in [1.165, 1.54) is 13.3 Å². The Labute approximate surface area is 97.6 Å². The predicted octanol–water partition coefficient (Wildman–Crippen LogP) is 1.95. The van der Waals surface area contributed by atoms with E-state index >= 15 is 0 Å². The summed E-state index contributed by atoms with van der Waals surface area (Å²) in [6.45, 7) is 0. The molecule has 1 N–H and O–H groups in total. The summed E-state index contributed by atoms with van der Waals surface area (Å²) in [6, 6.07) is 5.21. The fourth-order valence-corrected chi connectivity index (χ4v) is 1.65. The van der Waals surface area contributed by atoms with Crippen molar-refractivity contribution in [1.29, 1.82) is 0 Å². The zero-order valence-electron chi connectivity index (χ0n) is 9.43. The SMILES string of the molecule is COc1ccc2ncc(C(=O)O)c(OC)c2c1. The van der Waals surface area contributed by atoms with E-state index in [1.54, 1.807) is 25.3 Å². The van der Waals surface area contributed by atoms with Crippen LogP contribution in [0.25, 0.3) is 10.9 Å². The number of methoxy groups -OCH3 is 2. The first-order chi connectivity index (χ1) is 8.17. The van der Waals surface area contributed by atoms with Gasteiger partial charge >= 0.3 is 5.97 Å². The van der Waals surface area contributed by atoms with E-state index in [0.717, 1.165) is 0 Å². The first-order valence-corrected chi connectivity index (χ1v) is 4.91. The lowest BCUT2D eigenvalue weighted by atomic mass is 10.1. The summed E-state index contributed by atoms with van der Waals surface area (Å²) in [5, 5.41) is 9.65. The molecule has 0 spiro atoms. The van der Waals surface area contributed by atoms with Gasteiger partial charge in [0.1, 0.15) is 17.1 Å². The molecule has 0 aliphatic rings. The van der Waals surface area contributed by atoms with Crippen molar-refractivity contribution in [2.24, 2.45) is 0 Å². The number of ether oxygens (including phenoxy) is 2. The fraction of sp³-hybridized carbons (Fsp3) is 0.167. The standard InChI is InChI=1S/C12H11NO4/c1-16-7-3-4-10-8(5-7)11(17-2)9(6-13-10)12(14)15/h3-6H,1-2H3,(H,14,15). The molecule has 1 aromatic carbocycles. The number of benzene rings is 1. The third-order valence-corrected chi connectivity index (χ3v) is 2.46. The molecule has 2 rings (SSSR count). The van der Waals surface area contributed by atoms with Gasteiger partial charge in [0.05, 0.1) is 19.7 Å². The monoisotopic (exact) mass is 233 g/mol. The van der Waals surface area contributed by atoms with Gasteiger partial charge in [-0.3, -0.25) is 4.98 Å². The molecule has 0 atom stereocenters. The predicted molar refractivity (Wildman–Crippen MR) is 61.8 cm³/mol. The van der Waals surface area contributed by atoms with Gasteiger partial charge in [0.25, 0.3) is 0 Å². The molecule has 0 amide bonds. The summed E-state index contributed by atoms with van der Waals surface area (Å²) in [5.74, 6) is -0.152. The van der Waals surface area contributed by atoms with Gasteiger partial charge in [0, 0.05) is 11.6 Å². The lowest BCUT2D eigenvalue weighted by molar-refractivity contribution is 0.0693. The van der Waals surface area contributed by atoms with Crippen molar-refractivity contribution in [3.63, 3.8) is 0 Å². The molecule has 0 aliphatic heterocycles. The van der Waals surface area contributed by atoms with E-state index in [1.807, 2.05) is 0 Å². The zero-order chi connectivity index (χ0) is 12.4. The summed E-state index contributed by atoms with van der Waals surface area (Å²) in [6.07, 6.45) is 1.29. The van der Waals surface area contributed by atoms with Crippen LogP contribution in [0.2, 0.25) is 0 Å². The molecule has 0 bridgehead atoms. The second kappa shape index (κ2) is 4.29. The highest BCUT2D eigenvalue weighted by Crippen LogP contribution is 2.30. The van der Waals surface area contributed by atoms with Gasteiger partial charge in [-0.2, -0.15) is 0 Å². The molecule has 1 heterocycles.